The Kier molecular flexibility index (Phi) is 3.99. The zero-order valence-corrected chi connectivity index (χ0v) is 13.9. The summed E-state index contributed by atoms with van der Waals surface area (Å²) in [6.07, 6.45) is 0.332. The average molecular weight is 320 g/mol. The van der Waals surface area contributed by atoms with Crippen LogP contribution in [0.3, 0.4) is 0 Å². The Hall–Kier alpha value is -1.76. The number of carbonyl (C=O) groups excluding carboxylic acids is 1. The molecule has 1 unspecified atom stereocenters. The second-order valence-electron chi connectivity index (χ2n) is 5.77. The molecule has 1 saturated heterocycles. The number of thioether (sulfide) groups is 1. The molecule has 0 aliphatic carbocycles. The molecule has 7 heteroatoms. The number of fused-ring (bicyclic) bond motifs is 1. The van der Waals surface area contributed by atoms with E-state index < -0.39 is 0 Å². The van der Waals surface area contributed by atoms with Crippen LogP contribution in [0.1, 0.15) is 23.9 Å². The fourth-order valence-electron chi connectivity index (χ4n) is 2.92. The maximum absolute atomic E-state index is 12.6. The predicted octanol–water partition coefficient (Wildman–Crippen LogP) is 1.15. The highest BCUT2D eigenvalue weighted by atomic mass is 32.2. The lowest BCUT2D eigenvalue weighted by atomic mass is 10.1. The molecular formula is C15H20N4O2S. The van der Waals surface area contributed by atoms with Gasteiger partial charge in [0.15, 0.2) is 5.65 Å². The number of amides is 1. The maximum atomic E-state index is 12.6. The molecule has 1 atom stereocenters. The molecule has 118 valence electrons. The summed E-state index contributed by atoms with van der Waals surface area (Å²) in [5.74, 6) is 1.13. The van der Waals surface area contributed by atoms with Crippen molar-refractivity contribution in [2.75, 3.05) is 18.8 Å². The summed E-state index contributed by atoms with van der Waals surface area (Å²) in [6.45, 7) is 7.56. The van der Waals surface area contributed by atoms with Crippen LogP contribution in [0, 0.1) is 13.8 Å². The molecular weight excluding hydrogens is 300 g/mol. The highest BCUT2D eigenvalue weighted by Crippen LogP contribution is 2.20. The molecule has 1 aliphatic rings. The van der Waals surface area contributed by atoms with E-state index in [9.17, 15) is 9.59 Å². The van der Waals surface area contributed by atoms with Crippen molar-refractivity contribution < 1.29 is 4.79 Å². The van der Waals surface area contributed by atoms with Crippen molar-refractivity contribution in [1.82, 2.24) is 19.5 Å². The third-order valence-corrected chi connectivity index (χ3v) is 5.26. The highest BCUT2D eigenvalue weighted by Gasteiger charge is 2.23. The van der Waals surface area contributed by atoms with Crippen LogP contribution in [0.15, 0.2) is 10.9 Å². The first-order chi connectivity index (χ1) is 10.5. The van der Waals surface area contributed by atoms with Gasteiger partial charge >= 0.3 is 0 Å². The lowest BCUT2D eigenvalue weighted by molar-refractivity contribution is -0.130. The summed E-state index contributed by atoms with van der Waals surface area (Å²) >= 11 is 1.91. The topological polar surface area (TPSA) is 70.5 Å². The van der Waals surface area contributed by atoms with Gasteiger partial charge in [-0.15, -0.1) is 0 Å². The largest absolute Gasteiger partial charge is 0.340 e. The van der Waals surface area contributed by atoms with Gasteiger partial charge in [0.1, 0.15) is 0 Å². The van der Waals surface area contributed by atoms with Crippen LogP contribution in [0.25, 0.3) is 5.65 Å². The molecule has 6 nitrogen and oxygen atoms in total. The SMILES string of the molecule is Cc1nc2cc(=O)[nH]n2c(C)c1CC(=O)N1CCSC(C)C1. The van der Waals surface area contributed by atoms with Gasteiger partial charge in [-0.25, -0.2) is 9.50 Å². The summed E-state index contributed by atoms with van der Waals surface area (Å²) in [5.41, 5.74) is 3.00. The van der Waals surface area contributed by atoms with E-state index in [2.05, 4.69) is 17.0 Å². The number of carbonyl (C=O) groups is 1. The molecule has 0 bridgehead atoms. The fraction of sp³-hybridized carbons (Fsp3) is 0.533. The van der Waals surface area contributed by atoms with E-state index >= 15 is 0 Å². The summed E-state index contributed by atoms with van der Waals surface area (Å²) in [6, 6.07) is 1.47. The number of aryl methyl sites for hydroxylation is 2. The van der Waals surface area contributed by atoms with Crippen molar-refractivity contribution >= 4 is 23.3 Å². The van der Waals surface area contributed by atoms with E-state index in [0.29, 0.717) is 17.3 Å². The van der Waals surface area contributed by atoms with E-state index in [-0.39, 0.29) is 11.5 Å². The zero-order chi connectivity index (χ0) is 15.9. The maximum Gasteiger partial charge on any atom is 0.266 e. The van der Waals surface area contributed by atoms with Gasteiger partial charge in [-0.2, -0.15) is 11.8 Å². The molecule has 1 fully saturated rings. The van der Waals surface area contributed by atoms with E-state index in [4.69, 9.17) is 0 Å². The third-order valence-electron chi connectivity index (χ3n) is 4.12. The summed E-state index contributed by atoms with van der Waals surface area (Å²) in [7, 11) is 0. The Morgan fingerprint density at radius 1 is 1.50 bits per heavy atom. The lowest BCUT2D eigenvalue weighted by Gasteiger charge is -2.31. The van der Waals surface area contributed by atoms with Gasteiger partial charge in [-0.1, -0.05) is 6.92 Å². The number of nitrogens with zero attached hydrogens (tertiary/aromatic N) is 3. The average Bonchev–Trinajstić information content (AvgIpc) is 2.84. The quantitative estimate of drug-likeness (QED) is 0.901. The summed E-state index contributed by atoms with van der Waals surface area (Å²) in [5, 5.41) is 3.21. The Morgan fingerprint density at radius 2 is 2.27 bits per heavy atom. The molecule has 0 saturated carbocycles. The molecule has 2 aromatic heterocycles. The smallest absolute Gasteiger partial charge is 0.266 e. The molecule has 2 aromatic rings. The molecule has 0 spiro atoms. The van der Waals surface area contributed by atoms with Crippen LogP contribution in [0.5, 0.6) is 0 Å². The molecule has 3 heterocycles. The minimum Gasteiger partial charge on any atom is -0.340 e. The zero-order valence-electron chi connectivity index (χ0n) is 13.0. The van der Waals surface area contributed by atoms with Crippen molar-refractivity contribution in [3.05, 3.63) is 33.4 Å². The van der Waals surface area contributed by atoms with E-state index in [0.717, 1.165) is 35.8 Å². The van der Waals surface area contributed by atoms with Gasteiger partial charge in [0.2, 0.25) is 5.91 Å². The van der Waals surface area contributed by atoms with E-state index in [1.807, 2.05) is 30.5 Å². The van der Waals surface area contributed by atoms with Crippen LogP contribution in [0.2, 0.25) is 0 Å². The summed E-state index contributed by atoms with van der Waals surface area (Å²) < 4.78 is 1.66. The third kappa shape index (κ3) is 2.77. The lowest BCUT2D eigenvalue weighted by Crippen LogP contribution is -2.42. The van der Waals surface area contributed by atoms with Gasteiger partial charge < -0.3 is 4.90 Å². The number of nitrogens with one attached hydrogen (secondary N) is 1. The number of aromatic amines is 1. The van der Waals surface area contributed by atoms with Crippen molar-refractivity contribution in [2.45, 2.75) is 32.4 Å². The molecule has 3 rings (SSSR count). The normalized spacial score (nSPS) is 18.9. The Bertz CT molecular complexity index is 780. The number of hydrogen-bond acceptors (Lipinski definition) is 4. The van der Waals surface area contributed by atoms with Gasteiger partial charge in [-0.05, 0) is 13.8 Å². The second-order valence-corrected chi connectivity index (χ2v) is 7.32. The fourth-order valence-corrected chi connectivity index (χ4v) is 3.93. The Morgan fingerprint density at radius 3 is 3.00 bits per heavy atom. The van der Waals surface area contributed by atoms with Crippen LogP contribution in [-0.4, -0.2) is 49.5 Å². The standard InChI is InChI=1S/C15H20N4O2S/c1-9-8-18(4-5-22-9)15(21)6-12-10(2)16-13-7-14(20)17-19(13)11(12)3/h7,9H,4-6,8H2,1-3H3,(H,17,20). The highest BCUT2D eigenvalue weighted by molar-refractivity contribution is 7.99. The first-order valence-electron chi connectivity index (χ1n) is 7.43. The van der Waals surface area contributed by atoms with Crippen molar-refractivity contribution in [1.29, 1.82) is 0 Å². The second kappa shape index (κ2) is 5.79. The van der Waals surface area contributed by atoms with Gasteiger partial charge in [0, 0.05) is 47.1 Å². The molecule has 1 aliphatic heterocycles. The Labute approximate surface area is 132 Å². The number of rotatable bonds is 2. The number of hydrogen-bond donors (Lipinski definition) is 1. The minimum atomic E-state index is -0.180. The number of H-pyrrole nitrogens is 1. The van der Waals surface area contributed by atoms with Gasteiger partial charge in [-0.3, -0.25) is 14.7 Å². The first kappa shape index (κ1) is 15.1. The number of aromatic nitrogens is 3. The van der Waals surface area contributed by atoms with Crippen LogP contribution < -0.4 is 5.56 Å². The van der Waals surface area contributed by atoms with E-state index in [1.54, 1.807) is 4.52 Å². The van der Waals surface area contributed by atoms with E-state index in [1.165, 1.54) is 6.07 Å². The van der Waals surface area contributed by atoms with Crippen molar-refractivity contribution in [3.63, 3.8) is 0 Å². The molecule has 1 amide bonds. The molecule has 22 heavy (non-hydrogen) atoms. The molecule has 0 radical (unpaired) electrons. The van der Waals surface area contributed by atoms with Crippen LogP contribution in [-0.2, 0) is 11.2 Å². The van der Waals surface area contributed by atoms with Crippen LogP contribution in [0.4, 0.5) is 0 Å². The molecule has 0 aromatic carbocycles. The summed E-state index contributed by atoms with van der Waals surface area (Å²) in [4.78, 5) is 30.4. The minimum absolute atomic E-state index is 0.133. The predicted molar refractivity (Wildman–Crippen MR) is 87.5 cm³/mol. The molecule has 1 N–H and O–H groups in total. The first-order valence-corrected chi connectivity index (χ1v) is 8.48. The van der Waals surface area contributed by atoms with Crippen LogP contribution >= 0.6 is 11.8 Å². The van der Waals surface area contributed by atoms with Gasteiger partial charge in [0.05, 0.1) is 6.42 Å². The Balaban J connectivity index is 1.89. The van der Waals surface area contributed by atoms with Crippen molar-refractivity contribution in [2.24, 2.45) is 0 Å². The van der Waals surface area contributed by atoms with Gasteiger partial charge in [0.25, 0.3) is 5.56 Å². The monoisotopic (exact) mass is 320 g/mol. The van der Waals surface area contributed by atoms with Crippen molar-refractivity contribution in [3.8, 4) is 0 Å².